The zero-order chi connectivity index (χ0) is 17.7. The number of para-hydroxylation sites is 1. The van der Waals surface area contributed by atoms with Crippen molar-refractivity contribution in [2.45, 2.75) is 0 Å². The van der Waals surface area contributed by atoms with Gasteiger partial charge in [-0.15, -0.1) is 0 Å². The second kappa shape index (κ2) is 7.66. The number of carbonyl (C=O) groups excluding carboxylic acids is 1. The molecule has 0 aliphatic carbocycles. The molecule has 7 nitrogen and oxygen atoms in total. The summed E-state index contributed by atoms with van der Waals surface area (Å²) >= 11 is 5.98. The van der Waals surface area contributed by atoms with Crippen molar-refractivity contribution < 1.29 is 13.2 Å². The summed E-state index contributed by atoms with van der Waals surface area (Å²) in [6, 6.07) is 8.60. The summed E-state index contributed by atoms with van der Waals surface area (Å²) in [6.07, 6.45) is 2.61. The molecule has 0 bridgehead atoms. The van der Waals surface area contributed by atoms with E-state index in [1.807, 2.05) is 6.07 Å². The normalized spacial score (nSPS) is 16.5. The molecule has 1 heterocycles. The van der Waals surface area contributed by atoms with E-state index in [-0.39, 0.29) is 5.57 Å². The van der Waals surface area contributed by atoms with Gasteiger partial charge in [0.05, 0.1) is 17.0 Å². The van der Waals surface area contributed by atoms with Crippen molar-refractivity contribution in [2.24, 2.45) is 0 Å². The van der Waals surface area contributed by atoms with E-state index in [1.54, 1.807) is 29.2 Å². The zero-order valence-electron chi connectivity index (χ0n) is 13.1. The summed E-state index contributed by atoms with van der Waals surface area (Å²) in [5, 5.41) is 12.2. The van der Waals surface area contributed by atoms with Crippen LogP contribution in [-0.4, -0.2) is 56.0 Å². The lowest BCUT2D eigenvalue weighted by atomic mass is 10.2. The highest BCUT2D eigenvalue weighted by molar-refractivity contribution is 7.88. The van der Waals surface area contributed by atoms with Crippen LogP contribution in [0.4, 0.5) is 5.69 Å². The lowest BCUT2D eigenvalue weighted by Gasteiger charge is -2.32. The van der Waals surface area contributed by atoms with E-state index in [2.05, 4.69) is 5.32 Å². The van der Waals surface area contributed by atoms with Gasteiger partial charge in [0.15, 0.2) is 0 Å². The van der Waals surface area contributed by atoms with E-state index in [9.17, 15) is 18.5 Å². The Morgan fingerprint density at radius 2 is 1.92 bits per heavy atom. The van der Waals surface area contributed by atoms with Crippen LogP contribution < -0.4 is 5.32 Å². The fourth-order valence-corrected chi connectivity index (χ4v) is 3.25. The van der Waals surface area contributed by atoms with Crippen LogP contribution in [0.25, 0.3) is 0 Å². The third-order valence-electron chi connectivity index (χ3n) is 3.54. The van der Waals surface area contributed by atoms with E-state index >= 15 is 0 Å². The van der Waals surface area contributed by atoms with Gasteiger partial charge in [-0.1, -0.05) is 23.7 Å². The van der Waals surface area contributed by atoms with Crippen LogP contribution in [-0.2, 0) is 14.8 Å². The number of rotatable bonds is 4. The summed E-state index contributed by atoms with van der Waals surface area (Å²) in [5.74, 6) is -0.559. The first-order valence-corrected chi connectivity index (χ1v) is 9.41. The molecule has 0 radical (unpaired) electrons. The van der Waals surface area contributed by atoms with Crippen LogP contribution in [0.1, 0.15) is 0 Å². The molecule has 1 aliphatic rings. The Labute approximate surface area is 146 Å². The third-order valence-corrected chi connectivity index (χ3v) is 5.17. The number of amides is 1. The highest BCUT2D eigenvalue weighted by Gasteiger charge is 2.23. The van der Waals surface area contributed by atoms with Crippen LogP contribution in [0.2, 0.25) is 5.02 Å². The second-order valence-corrected chi connectivity index (χ2v) is 7.68. The molecule has 1 aliphatic heterocycles. The molecule has 1 saturated heterocycles. The number of hydrogen-bond donors (Lipinski definition) is 1. The van der Waals surface area contributed by atoms with Gasteiger partial charge in [-0.2, -0.15) is 9.57 Å². The highest BCUT2D eigenvalue weighted by Crippen LogP contribution is 2.21. The zero-order valence-corrected chi connectivity index (χ0v) is 14.6. The standard InChI is InChI=1S/C15H17ClN4O3S/c1-24(22,23)20-8-6-19(7-9-20)11-12(10-17)15(21)18-14-5-3-2-4-13(14)16/h2-5,11H,6-9H2,1H3,(H,18,21)/b12-11-. The molecule has 1 N–H and O–H groups in total. The number of hydrogen-bond acceptors (Lipinski definition) is 5. The summed E-state index contributed by atoms with van der Waals surface area (Å²) < 4.78 is 24.3. The first kappa shape index (κ1) is 18.3. The molecule has 1 aromatic carbocycles. The Kier molecular flexibility index (Phi) is 5.83. The molecule has 0 spiro atoms. The van der Waals surface area contributed by atoms with Crippen molar-refractivity contribution in [2.75, 3.05) is 37.8 Å². The number of halogens is 1. The average Bonchev–Trinajstić information content (AvgIpc) is 2.54. The number of piperazine rings is 1. The molecule has 128 valence electrons. The van der Waals surface area contributed by atoms with Crippen molar-refractivity contribution in [1.29, 1.82) is 5.26 Å². The molecule has 24 heavy (non-hydrogen) atoms. The molecule has 2 rings (SSSR count). The van der Waals surface area contributed by atoms with E-state index in [0.717, 1.165) is 6.26 Å². The molecule has 0 aromatic heterocycles. The predicted molar refractivity (Wildman–Crippen MR) is 91.8 cm³/mol. The maximum atomic E-state index is 12.2. The van der Waals surface area contributed by atoms with Gasteiger partial charge in [0.2, 0.25) is 10.0 Å². The average molecular weight is 369 g/mol. The van der Waals surface area contributed by atoms with Crippen LogP contribution in [0.15, 0.2) is 36.0 Å². The molecular formula is C15H17ClN4O3S. The quantitative estimate of drug-likeness (QED) is 0.638. The minimum atomic E-state index is -3.22. The van der Waals surface area contributed by atoms with Crippen LogP contribution >= 0.6 is 11.6 Å². The van der Waals surface area contributed by atoms with Gasteiger partial charge in [0.1, 0.15) is 11.6 Å². The SMILES string of the molecule is CS(=O)(=O)N1CCN(/C=C(/C#N)C(=O)Nc2ccccc2Cl)CC1. The van der Waals surface area contributed by atoms with Gasteiger partial charge in [-0.3, -0.25) is 4.79 Å². The lowest BCUT2D eigenvalue weighted by molar-refractivity contribution is -0.112. The van der Waals surface area contributed by atoms with Crippen molar-refractivity contribution >= 4 is 33.2 Å². The smallest absolute Gasteiger partial charge is 0.267 e. The topological polar surface area (TPSA) is 93.5 Å². The predicted octanol–water partition coefficient (Wildman–Crippen LogP) is 1.26. The fourth-order valence-electron chi connectivity index (χ4n) is 2.24. The number of sulfonamides is 1. The number of nitriles is 1. The molecule has 0 saturated carbocycles. The van der Waals surface area contributed by atoms with Crippen molar-refractivity contribution in [1.82, 2.24) is 9.21 Å². The van der Waals surface area contributed by atoms with Gasteiger partial charge in [-0.25, -0.2) is 8.42 Å². The Balaban J connectivity index is 2.04. The van der Waals surface area contributed by atoms with Crippen molar-refractivity contribution in [3.05, 3.63) is 41.1 Å². The summed E-state index contributed by atoms with van der Waals surface area (Å²) in [7, 11) is -3.22. The van der Waals surface area contributed by atoms with E-state index in [1.165, 1.54) is 10.5 Å². The second-order valence-electron chi connectivity index (χ2n) is 5.29. The first-order chi connectivity index (χ1) is 11.3. The lowest BCUT2D eigenvalue weighted by Crippen LogP contribution is -2.46. The summed E-state index contributed by atoms with van der Waals surface area (Å²) in [4.78, 5) is 14.0. The first-order valence-electron chi connectivity index (χ1n) is 7.18. The Hall–Kier alpha value is -2.08. The van der Waals surface area contributed by atoms with Crippen molar-refractivity contribution in [3.63, 3.8) is 0 Å². The Bertz CT molecular complexity index is 793. The Morgan fingerprint density at radius 1 is 1.29 bits per heavy atom. The highest BCUT2D eigenvalue weighted by atomic mass is 35.5. The summed E-state index contributed by atoms with van der Waals surface area (Å²) in [6.45, 7) is 1.47. The molecule has 0 unspecified atom stereocenters. The largest absolute Gasteiger partial charge is 0.373 e. The number of nitrogens with one attached hydrogen (secondary N) is 1. The monoisotopic (exact) mass is 368 g/mol. The van der Waals surface area contributed by atoms with Gasteiger partial charge in [-0.05, 0) is 12.1 Å². The van der Waals surface area contributed by atoms with Gasteiger partial charge < -0.3 is 10.2 Å². The molecule has 9 heteroatoms. The molecule has 1 aromatic rings. The van der Waals surface area contributed by atoms with Crippen molar-refractivity contribution in [3.8, 4) is 6.07 Å². The maximum Gasteiger partial charge on any atom is 0.267 e. The number of anilines is 1. The third kappa shape index (κ3) is 4.71. The minimum Gasteiger partial charge on any atom is -0.373 e. The molecular weight excluding hydrogens is 352 g/mol. The Morgan fingerprint density at radius 3 is 2.46 bits per heavy atom. The van der Waals surface area contributed by atoms with Crippen LogP contribution in [0.5, 0.6) is 0 Å². The number of benzene rings is 1. The van der Waals surface area contributed by atoms with E-state index in [4.69, 9.17) is 11.6 Å². The van der Waals surface area contributed by atoms with Gasteiger partial charge >= 0.3 is 0 Å². The molecule has 0 atom stereocenters. The molecule has 1 amide bonds. The van der Waals surface area contributed by atoms with Gasteiger partial charge in [0, 0.05) is 32.4 Å². The number of carbonyl (C=O) groups is 1. The maximum absolute atomic E-state index is 12.2. The van der Waals surface area contributed by atoms with Crippen LogP contribution in [0, 0.1) is 11.3 Å². The van der Waals surface area contributed by atoms with E-state index in [0.29, 0.717) is 36.9 Å². The molecule has 1 fully saturated rings. The summed E-state index contributed by atoms with van der Waals surface area (Å²) in [5.41, 5.74) is 0.356. The fraction of sp³-hybridized carbons (Fsp3) is 0.333. The van der Waals surface area contributed by atoms with Crippen LogP contribution in [0.3, 0.4) is 0 Å². The number of nitrogens with zero attached hydrogens (tertiary/aromatic N) is 3. The van der Waals surface area contributed by atoms with E-state index < -0.39 is 15.9 Å². The minimum absolute atomic E-state index is 0.0669. The van der Waals surface area contributed by atoms with Gasteiger partial charge in [0.25, 0.3) is 5.91 Å².